The molecule has 0 fully saturated rings. The van der Waals surface area contributed by atoms with Crippen LogP contribution in [0.1, 0.15) is 24.1 Å². The van der Waals surface area contributed by atoms with Gasteiger partial charge in [0.2, 0.25) is 0 Å². The van der Waals surface area contributed by atoms with Crippen molar-refractivity contribution in [3.63, 3.8) is 0 Å². The van der Waals surface area contributed by atoms with E-state index in [-0.39, 0.29) is 0 Å². The number of nitrogens with one attached hydrogen (secondary N) is 1. The SMILES string of the molecule is Cc1cccc(C(C)Nc2ccccc2N(C)C)c1. The van der Waals surface area contributed by atoms with Crippen LogP contribution >= 0.6 is 0 Å². The quantitative estimate of drug-likeness (QED) is 0.878. The summed E-state index contributed by atoms with van der Waals surface area (Å²) in [5, 5.41) is 3.59. The summed E-state index contributed by atoms with van der Waals surface area (Å²) in [6.07, 6.45) is 0. The molecule has 2 rings (SSSR count). The van der Waals surface area contributed by atoms with Crippen LogP contribution in [0.2, 0.25) is 0 Å². The van der Waals surface area contributed by atoms with Crippen molar-refractivity contribution >= 4 is 11.4 Å². The second-order valence-corrected chi connectivity index (χ2v) is 5.19. The van der Waals surface area contributed by atoms with Crippen molar-refractivity contribution in [3.8, 4) is 0 Å². The highest BCUT2D eigenvalue weighted by atomic mass is 15.1. The highest BCUT2D eigenvalue weighted by molar-refractivity contribution is 5.69. The molecule has 0 amide bonds. The first-order valence-electron chi connectivity index (χ1n) is 6.67. The van der Waals surface area contributed by atoms with E-state index in [9.17, 15) is 0 Å². The molecule has 0 bridgehead atoms. The average Bonchev–Trinajstić information content (AvgIpc) is 2.39. The Balaban J connectivity index is 2.22. The lowest BCUT2D eigenvalue weighted by molar-refractivity contribution is 0.881. The minimum atomic E-state index is 0.293. The number of benzene rings is 2. The van der Waals surface area contributed by atoms with Crippen molar-refractivity contribution in [1.29, 1.82) is 0 Å². The highest BCUT2D eigenvalue weighted by Crippen LogP contribution is 2.27. The van der Waals surface area contributed by atoms with Crippen molar-refractivity contribution in [1.82, 2.24) is 0 Å². The molecule has 2 heteroatoms. The molecule has 19 heavy (non-hydrogen) atoms. The Labute approximate surface area is 116 Å². The zero-order valence-electron chi connectivity index (χ0n) is 12.1. The molecular weight excluding hydrogens is 232 g/mol. The fourth-order valence-electron chi connectivity index (χ4n) is 2.24. The van der Waals surface area contributed by atoms with Crippen LogP contribution in [0.4, 0.5) is 11.4 Å². The maximum absolute atomic E-state index is 3.59. The lowest BCUT2D eigenvalue weighted by Gasteiger charge is -2.22. The van der Waals surface area contributed by atoms with Gasteiger partial charge in [0.25, 0.3) is 0 Å². The first-order chi connectivity index (χ1) is 9.08. The standard InChI is InChI=1S/C17H22N2/c1-13-8-7-9-15(12-13)14(2)18-16-10-5-6-11-17(16)19(3)4/h5-12,14,18H,1-4H3. The monoisotopic (exact) mass is 254 g/mol. The number of rotatable bonds is 4. The Morgan fingerprint density at radius 2 is 1.74 bits per heavy atom. The van der Waals surface area contributed by atoms with Crippen molar-refractivity contribution < 1.29 is 0 Å². The molecule has 0 saturated heterocycles. The van der Waals surface area contributed by atoms with Gasteiger partial charge in [-0.05, 0) is 31.5 Å². The number of anilines is 2. The minimum Gasteiger partial charge on any atom is -0.377 e. The number of nitrogens with zero attached hydrogens (tertiary/aromatic N) is 1. The summed E-state index contributed by atoms with van der Waals surface area (Å²) in [7, 11) is 4.13. The number of aryl methyl sites for hydroxylation is 1. The highest BCUT2D eigenvalue weighted by Gasteiger charge is 2.09. The summed E-state index contributed by atoms with van der Waals surface area (Å²) >= 11 is 0. The Morgan fingerprint density at radius 3 is 2.42 bits per heavy atom. The Bertz CT molecular complexity index is 546. The topological polar surface area (TPSA) is 15.3 Å². The molecule has 0 spiro atoms. The molecule has 0 aliphatic carbocycles. The normalized spacial score (nSPS) is 12.0. The van der Waals surface area contributed by atoms with E-state index in [1.807, 2.05) is 0 Å². The van der Waals surface area contributed by atoms with Gasteiger partial charge in [-0.25, -0.2) is 0 Å². The third-order valence-electron chi connectivity index (χ3n) is 3.30. The van der Waals surface area contributed by atoms with E-state index in [0.717, 1.165) is 0 Å². The molecule has 0 aliphatic rings. The minimum absolute atomic E-state index is 0.293. The van der Waals surface area contributed by atoms with Gasteiger partial charge in [-0.15, -0.1) is 0 Å². The Kier molecular flexibility index (Phi) is 4.10. The van der Waals surface area contributed by atoms with E-state index in [1.165, 1.54) is 22.5 Å². The molecule has 0 radical (unpaired) electrons. The van der Waals surface area contributed by atoms with Crippen molar-refractivity contribution in [2.45, 2.75) is 19.9 Å². The fourth-order valence-corrected chi connectivity index (χ4v) is 2.24. The van der Waals surface area contributed by atoms with Gasteiger partial charge in [0.15, 0.2) is 0 Å². The van der Waals surface area contributed by atoms with E-state index in [4.69, 9.17) is 0 Å². The van der Waals surface area contributed by atoms with E-state index >= 15 is 0 Å². The van der Waals surface area contributed by atoms with Gasteiger partial charge < -0.3 is 10.2 Å². The molecule has 0 aliphatic heterocycles. The summed E-state index contributed by atoms with van der Waals surface area (Å²) in [4.78, 5) is 2.13. The zero-order chi connectivity index (χ0) is 13.8. The van der Waals surface area contributed by atoms with Crippen LogP contribution in [0, 0.1) is 6.92 Å². The van der Waals surface area contributed by atoms with Gasteiger partial charge >= 0.3 is 0 Å². The van der Waals surface area contributed by atoms with Crippen LogP contribution in [0.15, 0.2) is 48.5 Å². The van der Waals surface area contributed by atoms with Crippen LogP contribution in [0.25, 0.3) is 0 Å². The summed E-state index contributed by atoms with van der Waals surface area (Å²) in [6, 6.07) is 17.3. The lowest BCUT2D eigenvalue weighted by Crippen LogP contribution is -2.14. The van der Waals surface area contributed by atoms with Gasteiger partial charge in [-0.2, -0.15) is 0 Å². The second-order valence-electron chi connectivity index (χ2n) is 5.19. The molecule has 0 saturated carbocycles. The van der Waals surface area contributed by atoms with Crippen LogP contribution in [0.5, 0.6) is 0 Å². The average molecular weight is 254 g/mol. The zero-order valence-corrected chi connectivity index (χ0v) is 12.1. The molecule has 1 unspecified atom stereocenters. The van der Waals surface area contributed by atoms with E-state index in [1.54, 1.807) is 0 Å². The van der Waals surface area contributed by atoms with Gasteiger partial charge in [0, 0.05) is 20.1 Å². The van der Waals surface area contributed by atoms with E-state index in [0.29, 0.717) is 6.04 Å². The maximum atomic E-state index is 3.59. The smallest absolute Gasteiger partial charge is 0.0596 e. The molecule has 1 atom stereocenters. The third kappa shape index (κ3) is 3.28. The first-order valence-corrected chi connectivity index (χ1v) is 6.67. The van der Waals surface area contributed by atoms with Crippen LogP contribution < -0.4 is 10.2 Å². The number of hydrogen-bond donors (Lipinski definition) is 1. The summed E-state index contributed by atoms with van der Waals surface area (Å²) < 4.78 is 0. The first kappa shape index (κ1) is 13.5. The van der Waals surface area contributed by atoms with Crippen molar-refractivity contribution in [2.24, 2.45) is 0 Å². The van der Waals surface area contributed by atoms with Crippen LogP contribution in [0.3, 0.4) is 0 Å². The van der Waals surface area contributed by atoms with Gasteiger partial charge in [-0.3, -0.25) is 0 Å². The van der Waals surface area contributed by atoms with Crippen LogP contribution in [-0.4, -0.2) is 14.1 Å². The third-order valence-corrected chi connectivity index (χ3v) is 3.30. The molecule has 0 aromatic heterocycles. The second kappa shape index (κ2) is 5.79. The molecule has 2 aromatic rings. The van der Waals surface area contributed by atoms with E-state index in [2.05, 4.69) is 86.7 Å². The number of para-hydroxylation sites is 2. The Morgan fingerprint density at radius 1 is 1.00 bits per heavy atom. The van der Waals surface area contributed by atoms with Gasteiger partial charge in [0.05, 0.1) is 11.4 Å². The van der Waals surface area contributed by atoms with Gasteiger partial charge in [-0.1, -0.05) is 42.0 Å². The maximum Gasteiger partial charge on any atom is 0.0596 e. The predicted octanol–water partition coefficient (Wildman–Crippen LogP) is 4.23. The number of hydrogen-bond acceptors (Lipinski definition) is 2. The molecule has 2 aromatic carbocycles. The van der Waals surface area contributed by atoms with Crippen LogP contribution in [-0.2, 0) is 0 Å². The van der Waals surface area contributed by atoms with Gasteiger partial charge in [0.1, 0.15) is 0 Å². The molecule has 100 valence electrons. The lowest BCUT2D eigenvalue weighted by atomic mass is 10.1. The summed E-state index contributed by atoms with van der Waals surface area (Å²) in [6.45, 7) is 4.32. The molecule has 1 N–H and O–H groups in total. The predicted molar refractivity (Wildman–Crippen MR) is 84.0 cm³/mol. The molecule has 2 nitrogen and oxygen atoms in total. The molecular formula is C17H22N2. The summed E-state index contributed by atoms with van der Waals surface area (Å²) in [5.41, 5.74) is 4.99. The molecule has 0 heterocycles. The Hall–Kier alpha value is -1.96. The summed E-state index contributed by atoms with van der Waals surface area (Å²) in [5.74, 6) is 0. The largest absolute Gasteiger partial charge is 0.377 e. The van der Waals surface area contributed by atoms with Crippen molar-refractivity contribution in [2.75, 3.05) is 24.3 Å². The fraction of sp³-hybridized carbons (Fsp3) is 0.294. The van der Waals surface area contributed by atoms with E-state index < -0.39 is 0 Å². The van der Waals surface area contributed by atoms with Crippen molar-refractivity contribution in [3.05, 3.63) is 59.7 Å².